The molecule has 1 aromatic rings. The van der Waals surface area contributed by atoms with Crippen molar-refractivity contribution < 1.29 is 16.0 Å². The summed E-state index contributed by atoms with van der Waals surface area (Å²) in [5, 5.41) is 1.59. The topological polar surface area (TPSA) is 0 Å². The molecule has 1 rings (SSSR count). The van der Waals surface area contributed by atoms with Crippen molar-refractivity contribution in [2.24, 2.45) is 0 Å². The SMILES string of the molecule is Clc1cccc([CH2][Fe])c1. The minimum atomic E-state index is 0.788. The molecule has 0 atom stereocenters. The third-order valence-electron chi connectivity index (χ3n) is 1.03. The van der Waals surface area contributed by atoms with E-state index in [0.717, 1.165) is 10.3 Å². The monoisotopic (exact) mass is 181 g/mol. The molecule has 0 aromatic heterocycles. The van der Waals surface area contributed by atoms with Crippen molar-refractivity contribution in [1.82, 2.24) is 0 Å². The van der Waals surface area contributed by atoms with Gasteiger partial charge in [0.05, 0.1) is 0 Å². The van der Waals surface area contributed by atoms with Crippen LogP contribution in [0.15, 0.2) is 24.3 Å². The zero-order chi connectivity index (χ0) is 6.69. The van der Waals surface area contributed by atoms with Crippen LogP contribution in [0.3, 0.4) is 0 Å². The van der Waals surface area contributed by atoms with Crippen LogP contribution in [-0.2, 0) is 21.3 Å². The van der Waals surface area contributed by atoms with Crippen LogP contribution in [0.5, 0.6) is 0 Å². The molecule has 0 aliphatic heterocycles. The molecule has 0 aliphatic rings. The van der Waals surface area contributed by atoms with Gasteiger partial charge >= 0.3 is 67.8 Å². The fraction of sp³-hybridized carbons (Fsp3) is 0.143. The molecule has 0 heterocycles. The van der Waals surface area contributed by atoms with Crippen LogP contribution >= 0.6 is 11.6 Å². The number of hydrogen-bond donors (Lipinski definition) is 0. The molecule has 0 unspecified atom stereocenters. The predicted molar refractivity (Wildman–Crippen MR) is 35.2 cm³/mol. The van der Waals surface area contributed by atoms with E-state index in [1.807, 2.05) is 24.3 Å². The Morgan fingerprint density at radius 2 is 2.22 bits per heavy atom. The fourth-order valence-electron chi connectivity index (χ4n) is 0.615. The van der Waals surface area contributed by atoms with Crippen molar-refractivity contribution in [2.75, 3.05) is 0 Å². The van der Waals surface area contributed by atoms with Crippen molar-refractivity contribution in [3.05, 3.63) is 34.9 Å². The molecule has 2 heteroatoms. The summed E-state index contributed by atoms with van der Waals surface area (Å²) >= 11 is 9.43. The van der Waals surface area contributed by atoms with Crippen molar-refractivity contribution in [3.8, 4) is 0 Å². The van der Waals surface area contributed by atoms with Crippen LogP contribution in [0.2, 0.25) is 5.02 Å². The van der Waals surface area contributed by atoms with Gasteiger partial charge < -0.3 is 0 Å². The van der Waals surface area contributed by atoms with E-state index in [9.17, 15) is 0 Å². The molecule has 0 fully saturated rings. The summed E-state index contributed by atoms with van der Waals surface area (Å²) in [7, 11) is 0. The molecule has 0 nitrogen and oxygen atoms in total. The molecular weight excluding hydrogens is 175 g/mol. The summed E-state index contributed by atoms with van der Waals surface area (Å²) in [6, 6.07) is 7.73. The van der Waals surface area contributed by atoms with Gasteiger partial charge in [-0.15, -0.1) is 0 Å². The normalized spacial score (nSPS) is 9.56. The number of rotatable bonds is 1. The van der Waals surface area contributed by atoms with Crippen molar-refractivity contribution in [2.45, 2.75) is 5.32 Å². The standard InChI is InChI=1S/C7H6Cl.Fe/c1-6-3-2-4-7(8)5-6;/h2-5H,1H2;. The van der Waals surface area contributed by atoms with E-state index in [1.54, 1.807) is 0 Å². The van der Waals surface area contributed by atoms with E-state index < -0.39 is 0 Å². The van der Waals surface area contributed by atoms with Crippen LogP contribution < -0.4 is 0 Å². The van der Waals surface area contributed by atoms with Crippen molar-refractivity contribution >= 4 is 11.6 Å². The maximum atomic E-state index is 5.70. The van der Waals surface area contributed by atoms with E-state index in [0.29, 0.717) is 0 Å². The maximum absolute atomic E-state index is 5.70. The average Bonchev–Trinajstić information content (AvgIpc) is 1.88. The van der Waals surface area contributed by atoms with E-state index in [2.05, 4.69) is 16.0 Å². The van der Waals surface area contributed by atoms with Gasteiger partial charge in [0.2, 0.25) is 0 Å². The van der Waals surface area contributed by atoms with Gasteiger partial charge in [0, 0.05) is 0 Å². The van der Waals surface area contributed by atoms with Gasteiger partial charge in [-0.2, -0.15) is 0 Å². The Balaban J connectivity index is 2.94. The van der Waals surface area contributed by atoms with Crippen molar-refractivity contribution in [3.63, 3.8) is 0 Å². The van der Waals surface area contributed by atoms with Gasteiger partial charge in [-0.25, -0.2) is 0 Å². The number of halogens is 1. The molecule has 0 aliphatic carbocycles. The van der Waals surface area contributed by atoms with Crippen molar-refractivity contribution in [1.29, 1.82) is 0 Å². The summed E-state index contributed by atoms with van der Waals surface area (Å²) in [6.07, 6.45) is 0. The average molecular weight is 181 g/mol. The first-order chi connectivity index (χ1) is 4.33. The van der Waals surface area contributed by atoms with E-state index in [1.165, 1.54) is 5.56 Å². The molecule has 0 N–H and O–H groups in total. The molecule has 0 saturated carbocycles. The van der Waals surface area contributed by atoms with Gasteiger partial charge in [0.15, 0.2) is 0 Å². The summed E-state index contributed by atoms with van der Waals surface area (Å²) in [6.45, 7) is 0. The third-order valence-corrected chi connectivity index (χ3v) is 1.72. The molecule has 1 aromatic carbocycles. The first kappa shape index (κ1) is 7.14. The Labute approximate surface area is 68.0 Å². The van der Waals surface area contributed by atoms with Gasteiger partial charge in [-0.3, -0.25) is 0 Å². The van der Waals surface area contributed by atoms with Crippen LogP contribution in [0.25, 0.3) is 0 Å². The molecule has 0 bridgehead atoms. The molecule has 9 heavy (non-hydrogen) atoms. The summed E-state index contributed by atoms with van der Waals surface area (Å²) in [5.41, 5.74) is 1.18. The van der Waals surface area contributed by atoms with Gasteiger partial charge in [-0.05, 0) is 0 Å². The first-order valence-electron chi connectivity index (χ1n) is 2.61. The quantitative estimate of drug-likeness (QED) is 0.584. The molecule has 0 spiro atoms. The van der Waals surface area contributed by atoms with Crippen LogP contribution in [0.1, 0.15) is 5.56 Å². The Morgan fingerprint density at radius 3 is 2.67 bits per heavy atom. The molecule has 0 saturated heterocycles. The van der Waals surface area contributed by atoms with E-state index >= 15 is 0 Å². The van der Waals surface area contributed by atoms with Crippen LogP contribution in [-0.4, -0.2) is 0 Å². The molecular formula is C7H6ClFe. The number of benzene rings is 1. The second-order valence-corrected chi connectivity index (χ2v) is 2.58. The third kappa shape index (κ3) is 2.02. The zero-order valence-electron chi connectivity index (χ0n) is 4.75. The van der Waals surface area contributed by atoms with E-state index in [4.69, 9.17) is 11.6 Å². The van der Waals surface area contributed by atoms with E-state index in [-0.39, 0.29) is 0 Å². The molecule has 0 amide bonds. The second-order valence-electron chi connectivity index (χ2n) is 1.75. The Morgan fingerprint density at radius 1 is 1.44 bits per heavy atom. The first-order valence-corrected chi connectivity index (χ1v) is 3.77. The van der Waals surface area contributed by atoms with Gasteiger partial charge in [0.1, 0.15) is 0 Å². The van der Waals surface area contributed by atoms with Gasteiger partial charge in [-0.1, -0.05) is 0 Å². The Bertz CT molecular complexity index is 198. The second kappa shape index (κ2) is 3.26. The van der Waals surface area contributed by atoms with Gasteiger partial charge in [0.25, 0.3) is 0 Å². The fourth-order valence-corrected chi connectivity index (χ4v) is 1.07. The summed E-state index contributed by atoms with van der Waals surface area (Å²) in [4.78, 5) is 0. The molecule has 49 valence electrons. The summed E-state index contributed by atoms with van der Waals surface area (Å²) in [5.74, 6) is 0. The van der Waals surface area contributed by atoms with Crippen LogP contribution in [0, 0.1) is 0 Å². The number of hydrogen-bond acceptors (Lipinski definition) is 0. The predicted octanol–water partition coefficient (Wildman–Crippen LogP) is 2.39. The summed E-state index contributed by atoms with van der Waals surface area (Å²) < 4.78 is 0. The molecule has 0 radical (unpaired) electrons. The Kier molecular flexibility index (Phi) is 2.59. The minimum absolute atomic E-state index is 0.788. The Hall–Kier alpha value is 0.0295. The van der Waals surface area contributed by atoms with Crippen LogP contribution in [0.4, 0.5) is 0 Å². The zero-order valence-corrected chi connectivity index (χ0v) is 6.61.